The molecule has 1 atom stereocenters. The molecule has 1 rings (SSSR count). The predicted octanol–water partition coefficient (Wildman–Crippen LogP) is 2.16. The van der Waals surface area contributed by atoms with Crippen molar-refractivity contribution in [2.75, 3.05) is 0 Å². The molecule has 4 heteroatoms. The van der Waals surface area contributed by atoms with E-state index in [1.54, 1.807) is 6.92 Å². The SMILES string of the molecule is CCc1ccc(CCC(=O)NC(CC)C(=O)O)cc1. The highest BCUT2D eigenvalue weighted by Gasteiger charge is 2.16. The molecule has 19 heavy (non-hydrogen) atoms. The number of hydrogen-bond acceptors (Lipinski definition) is 2. The van der Waals surface area contributed by atoms with E-state index in [2.05, 4.69) is 24.4 Å². The Hall–Kier alpha value is -1.84. The highest BCUT2D eigenvalue weighted by molar-refractivity contribution is 5.83. The molecule has 104 valence electrons. The largest absolute Gasteiger partial charge is 0.480 e. The second-order valence-electron chi connectivity index (χ2n) is 4.54. The van der Waals surface area contributed by atoms with Crippen molar-refractivity contribution in [1.29, 1.82) is 0 Å². The predicted molar refractivity (Wildman–Crippen MR) is 74.0 cm³/mol. The molecular weight excluding hydrogens is 242 g/mol. The number of carboxylic acid groups (broad SMARTS) is 1. The Kier molecular flexibility index (Phi) is 6.06. The smallest absolute Gasteiger partial charge is 0.326 e. The number of rotatable bonds is 7. The number of nitrogens with one attached hydrogen (secondary N) is 1. The van der Waals surface area contributed by atoms with Crippen LogP contribution in [0.15, 0.2) is 24.3 Å². The van der Waals surface area contributed by atoms with E-state index in [9.17, 15) is 9.59 Å². The van der Waals surface area contributed by atoms with E-state index in [1.165, 1.54) is 5.56 Å². The van der Waals surface area contributed by atoms with Crippen LogP contribution in [0.25, 0.3) is 0 Å². The van der Waals surface area contributed by atoms with Gasteiger partial charge in [0, 0.05) is 6.42 Å². The quantitative estimate of drug-likeness (QED) is 0.792. The third-order valence-corrected chi connectivity index (χ3v) is 3.11. The Balaban J connectivity index is 2.42. The first kappa shape index (κ1) is 15.2. The summed E-state index contributed by atoms with van der Waals surface area (Å²) in [7, 11) is 0. The van der Waals surface area contributed by atoms with Gasteiger partial charge in [0.1, 0.15) is 6.04 Å². The summed E-state index contributed by atoms with van der Waals surface area (Å²) in [6.07, 6.45) is 2.34. The molecule has 0 aromatic heterocycles. The van der Waals surface area contributed by atoms with E-state index in [-0.39, 0.29) is 5.91 Å². The highest BCUT2D eigenvalue weighted by Crippen LogP contribution is 2.07. The van der Waals surface area contributed by atoms with Crippen LogP contribution < -0.4 is 5.32 Å². The van der Waals surface area contributed by atoms with Gasteiger partial charge in [-0.25, -0.2) is 4.79 Å². The maximum absolute atomic E-state index is 11.6. The number of carbonyl (C=O) groups is 2. The fourth-order valence-corrected chi connectivity index (χ4v) is 1.80. The van der Waals surface area contributed by atoms with Crippen molar-refractivity contribution in [3.8, 4) is 0 Å². The molecule has 2 N–H and O–H groups in total. The molecular formula is C15H21NO3. The maximum atomic E-state index is 11.6. The average Bonchev–Trinajstić information content (AvgIpc) is 2.42. The fourth-order valence-electron chi connectivity index (χ4n) is 1.80. The number of amides is 1. The monoisotopic (exact) mass is 263 g/mol. The van der Waals surface area contributed by atoms with E-state index in [1.807, 2.05) is 12.1 Å². The Morgan fingerprint density at radius 3 is 2.21 bits per heavy atom. The topological polar surface area (TPSA) is 66.4 Å². The fraction of sp³-hybridized carbons (Fsp3) is 0.467. The third-order valence-electron chi connectivity index (χ3n) is 3.11. The van der Waals surface area contributed by atoms with Crippen molar-refractivity contribution >= 4 is 11.9 Å². The standard InChI is InChI=1S/C15H21NO3/c1-3-11-5-7-12(8-6-11)9-10-14(17)16-13(4-2)15(18)19/h5-8,13H,3-4,9-10H2,1-2H3,(H,16,17)(H,18,19). The van der Waals surface area contributed by atoms with Gasteiger partial charge in [-0.1, -0.05) is 38.1 Å². The van der Waals surface area contributed by atoms with Crippen molar-refractivity contribution in [3.05, 3.63) is 35.4 Å². The van der Waals surface area contributed by atoms with E-state index in [0.29, 0.717) is 19.3 Å². The second kappa shape index (κ2) is 7.56. The van der Waals surface area contributed by atoms with Gasteiger partial charge in [0.05, 0.1) is 0 Å². The van der Waals surface area contributed by atoms with Gasteiger partial charge in [0.25, 0.3) is 0 Å². The molecule has 1 amide bonds. The molecule has 0 aliphatic heterocycles. The molecule has 0 heterocycles. The van der Waals surface area contributed by atoms with E-state index < -0.39 is 12.0 Å². The van der Waals surface area contributed by atoms with Gasteiger partial charge in [-0.2, -0.15) is 0 Å². The Morgan fingerprint density at radius 2 is 1.74 bits per heavy atom. The van der Waals surface area contributed by atoms with Crippen molar-refractivity contribution < 1.29 is 14.7 Å². The summed E-state index contributed by atoms with van der Waals surface area (Å²) < 4.78 is 0. The minimum atomic E-state index is -0.983. The van der Waals surface area contributed by atoms with Crippen LogP contribution in [0, 0.1) is 0 Å². The van der Waals surface area contributed by atoms with E-state index in [4.69, 9.17) is 5.11 Å². The van der Waals surface area contributed by atoms with Crippen LogP contribution >= 0.6 is 0 Å². The molecule has 0 spiro atoms. The van der Waals surface area contributed by atoms with Crippen LogP contribution in [0.4, 0.5) is 0 Å². The highest BCUT2D eigenvalue weighted by atomic mass is 16.4. The third kappa shape index (κ3) is 5.12. The zero-order valence-corrected chi connectivity index (χ0v) is 11.5. The number of benzene rings is 1. The maximum Gasteiger partial charge on any atom is 0.326 e. The molecule has 4 nitrogen and oxygen atoms in total. The first-order valence-corrected chi connectivity index (χ1v) is 6.66. The molecule has 0 fully saturated rings. The Morgan fingerprint density at radius 1 is 1.16 bits per heavy atom. The van der Waals surface area contributed by atoms with Crippen LogP contribution in [0.5, 0.6) is 0 Å². The summed E-state index contributed by atoms with van der Waals surface area (Å²) >= 11 is 0. The molecule has 0 saturated heterocycles. The molecule has 1 aromatic rings. The van der Waals surface area contributed by atoms with E-state index >= 15 is 0 Å². The number of hydrogen-bond donors (Lipinski definition) is 2. The molecule has 1 unspecified atom stereocenters. The van der Waals surface area contributed by atoms with Crippen molar-refractivity contribution in [2.45, 2.75) is 45.6 Å². The van der Waals surface area contributed by atoms with Gasteiger partial charge in [-0.3, -0.25) is 4.79 Å². The molecule has 0 saturated carbocycles. The number of aliphatic carboxylic acids is 1. The van der Waals surface area contributed by atoms with Crippen molar-refractivity contribution in [2.24, 2.45) is 0 Å². The Bertz CT molecular complexity index is 426. The number of carboxylic acids is 1. The van der Waals surface area contributed by atoms with Gasteiger partial charge < -0.3 is 10.4 Å². The van der Waals surface area contributed by atoms with Crippen LogP contribution in [-0.4, -0.2) is 23.0 Å². The lowest BCUT2D eigenvalue weighted by atomic mass is 10.1. The van der Waals surface area contributed by atoms with Gasteiger partial charge in [0.15, 0.2) is 0 Å². The lowest BCUT2D eigenvalue weighted by Crippen LogP contribution is -2.40. The Labute approximate surface area is 113 Å². The molecule has 0 radical (unpaired) electrons. The van der Waals surface area contributed by atoms with Gasteiger partial charge in [-0.15, -0.1) is 0 Å². The minimum Gasteiger partial charge on any atom is -0.480 e. The lowest BCUT2D eigenvalue weighted by molar-refractivity contribution is -0.141. The van der Waals surface area contributed by atoms with Crippen LogP contribution in [0.2, 0.25) is 0 Å². The number of aryl methyl sites for hydroxylation is 2. The molecule has 0 aliphatic carbocycles. The zero-order valence-electron chi connectivity index (χ0n) is 11.5. The summed E-state index contributed by atoms with van der Waals surface area (Å²) in [5.74, 6) is -1.20. The lowest BCUT2D eigenvalue weighted by Gasteiger charge is -2.12. The molecule has 1 aromatic carbocycles. The van der Waals surface area contributed by atoms with Crippen molar-refractivity contribution in [1.82, 2.24) is 5.32 Å². The first-order valence-electron chi connectivity index (χ1n) is 6.66. The number of carbonyl (C=O) groups excluding carboxylic acids is 1. The molecule has 0 aliphatic rings. The zero-order chi connectivity index (χ0) is 14.3. The first-order chi connectivity index (χ1) is 9.06. The summed E-state index contributed by atoms with van der Waals surface area (Å²) in [5.41, 5.74) is 2.36. The second-order valence-corrected chi connectivity index (χ2v) is 4.54. The van der Waals surface area contributed by atoms with E-state index in [0.717, 1.165) is 12.0 Å². The summed E-state index contributed by atoms with van der Waals surface area (Å²) in [4.78, 5) is 22.4. The normalized spacial score (nSPS) is 11.9. The summed E-state index contributed by atoms with van der Waals surface area (Å²) in [6.45, 7) is 3.84. The van der Waals surface area contributed by atoms with Gasteiger partial charge in [0.2, 0.25) is 5.91 Å². The summed E-state index contributed by atoms with van der Waals surface area (Å²) in [5, 5.41) is 11.4. The van der Waals surface area contributed by atoms with Crippen molar-refractivity contribution in [3.63, 3.8) is 0 Å². The minimum absolute atomic E-state index is 0.214. The summed E-state index contributed by atoms with van der Waals surface area (Å²) in [6, 6.07) is 7.36. The van der Waals surface area contributed by atoms with Crippen LogP contribution in [0.3, 0.4) is 0 Å². The van der Waals surface area contributed by atoms with Gasteiger partial charge >= 0.3 is 5.97 Å². The van der Waals surface area contributed by atoms with Crippen LogP contribution in [-0.2, 0) is 22.4 Å². The average molecular weight is 263 g/mol. The van der Waals surface area contributed by atoms with Gasteiger partial charge in [-0.05, 0) is 30.4 Å². The van der Waals surface area contributed by atoms with Crippen LogP contribution in [0.1, 0.15) is 37.8 Å². The molecule has 0 bridgehead atoms.